The lowest BCUT2D eigenvalue weighted by molar-refractivity contribution is 0.339. The van der Waals surface area contributed by atoms with Gasteiger partial charge in [-0.2, -0.15) is 10.4 Å². The van der Waals surface area contributed by atoms with E-state index in [-0.39, 0.29) is 11.8 Å². The minimum absolute atomic E-state index is 0.0962. The molecule has 3 aromatic rings. The second-order valence-corrected chi connectivity index (χ2v) is 6.48. The number of benzene rings is 2. The Morgan fingerprint density at radius 2 is 2.00 bits per heavy atom. The van der Waals surface area contributed by atoms with Crippen LogP contribution in [0.4, 0.5) is 0 Å². The highest BCUT2D eigenvalue weighted by molar-refractivity contribution is 5.57. The van der Waals surface area contributed by atoms with E-state index >= 15 is 0 Å². The molecule has 140 valence electrons. The molecule has 0 aliphatic carbocycles. The zero-order chi connectivity index (χ0) is 19.7. The molecule has 0 radical (unpaired) electrons. The molecule has 4 rings (SSSR count). The average Bonchev–Trinajstić information content (AvgIpc) is 3.04. The van der Waals surface area contributed by atoms with E-state index in [0.717, 1.165) is 28.3 Å². The average molecular weight is 372 g/mol. The number of aryl methyl sites for hydroxylation is 1. The first-order chi connectivity index (χ1) is 13.6. The quantitative estimate of drug-likeness (QED) is 0.753. The van der Waals surface area contributed by atoms with Gasteiger partial charge in [-0.05, 0) is 43.7 Å². The third-order valence-corrected chi connectivity index (χ3v) is 4.74. The van der Waals surface area contributed by atoms with Crippen molar-refractivity contribution in [3.05, 3.63) is 82.9 Å². The largest absolute Gasteiger partial charge is 0.494 e. The van der Waals surface area contributed by atoms with Gasteiger partial charge in [-0.1, -0.05) is 30.3 Å². The fourth-order valence-corrected chi connectivity index (χ4v) is 3.54. The van der Waals surface area contributed by atoms with Gasteiger partial charge in [0.05, 0.1) is 29.5 Å². The normalized spacial score (nSPS) is 15.5. The molecule has 0 spiro atoms. The maximum Gasteiger partial charge on any atom is 0.229 e. The minimum Gasteiger partial charge on any atom is -0.494 e. The summed E-state index contributed by atoms with van der Waals surface area (Å²) in [5.41, 5.74) is 9.91. The van der Waals surface area contributed by atoms with Crippen LogP contribution >= 0.6 is 0 Å². The summed E-state index contributed by atoms with van der Waals surface area (Å²) in [5.74, 6) is 1.01. The van der Waals surface area contributed by atoms with Crippen molar-refractivity contribution in [2.75, 3.05) is 6.61 Å². The van der Waals surface area contributed by atoms with Gasteiger partial charge in [0.15, 0.2) is 0 Å². The summed E-state index contributed by atoms with van der Waals surface area (Å²) in [4.78, 5) is 0. The molecule has 0 bridgehead atoms. The molecule has 0 amide bonds. The van der Waals surface area contributed by atoms with Gasteiger partial charge in [0.2, 0.25) is 11.8 Å². The standard InChI is InChI=1S/C22H20N4O2/c1-3-27-17-11-7-8-15(12-17)20-18(13-23)21(24)28-22-19(20)14(2)25-26(22)16-9-5-4-6-10-16/h4-12,20H,3,24H2,1-2H3. The maximum atomic E-state index is 9.78. The minimum atomic E-state index is -0.369. The molecule has 2 heterocycles. The highest BCUT2D eigenvalue weighted by atomic mass is 16.5. The van der Waals surface area contributed by atoms with Crippen molar-refractivity contribution in [3.63, 3.8) is 0 Å². The SMILES string of the molecule is CCOc1cccc(C2C(C#N)=C(N)Oc3c2c(C)nn3-c2ccccc2)c1. The Morgan fingerprint density at radius 1 is 1.21 bits per heavy atom. The molecule has 6 heteroatoms. The van der Waals surface area contributed by atoms with Crippen LogP contribution in [0.15, 0.2) is 66.1 Å². The summed E-state index contributed by atoms with van der Waals surface area (Å²) >= 11 is 0. The highest BCUT2D eigenvalue weighted by Gasteiger charge is 2.36. The van der Waals surface area contributed by atoms with Gasteiger partial charge in [0.25, 0.3) is 0 Å². The Balaban J connectivity index is 1.92. The van der Waals surface area contributed by atoms with Gasteiger partial charge in [-0.15, -0.1) is 0 Å². The third kappa shape index (κ3) is 2.87. The second-order valence-electron chi connectivity index (χ2n) is 6.48. The molecule has 28 heavy (non-hydrogen) atoms. The molecule has 2 N–H and O–H groups in total. The van der Waals surface area contributed by atoms with Crippen LogP contribution in [0.1, 0.15) is 29.7 Å². The number of nitrogens with zero attached hydrogens (tertiary/aromatic N) is 3. The van der Waals surface area contributed by atoms with E-state index in [1.807, 2.05) is 68.4 Å². The Morgan fingerprint density at radius 3 is 2.71 bits per heavy atom. The molecule has 0 saturated carbocycles. The zero-order valence-electron chi connectivity index (χ0n) is 15.7. The summed E-state index contributed by atoms with van der Waals surface area (Å²) in [6.45, 7) is 4.42. The molecule has 2 aromatic carbocycles. The number of nitriles is 1. The lowest BCUT2D eigenvalue weighted by Gasteiger charge is -2.25. The number of ether oxygens (including phenoxy) is 2. The van der Waals surface area contributed by atoms with Gasteiger partial charge in [-0.25, -0.2) is 4.68 Å². The van der Waals surface area contributed by atoms with E-state index in [4.69, 9.17) is 15.2 Å². The smallest absolute Gasteiger partial charge is 0.229 e. The molecule has 0 saturated heterocycles. The van der Waals surface area contributed by atoms with Crippen molar-refractivity contribution < 1.29 is 9.47 Å². The van der Waals surface area contributed by atoms with Crippen LogP contribution in [0.25, 0.3) is 5.69 Å². The number of fused-ring (bicyclic) bond motifs is 1. The van der Waals surface area contributed by atoms with Gasteiger partial charge in [0, 0.05) is 0 Å². The van der Waals surface area contributed by atoms with E-state index in [0.29, 0.717) is 18.1 Å². The first-order valence-electron chi connectivity index (χ1n) is 9.09. The van der Waals surface area contributed by atoms with Gasteiger partial charge in [0.1, 0.15) is 17.4 Å². The van der Waals surface area contributed by atoms with Gasteiger partial charge >= 0.3 is 0 Å². The lowest BCUT2D eigenvalue weighted by atomic mass is 9.84. The predicted octanol–water partition coefficient (Wildman–Crippen LogP) is 3.80. The van der Waals surface area contributed by atoms with Crippen LogP contribution in [0.2, 0.25) is 0 Å². The maximum absolute atomic E-state index is 9.78. The Hall–Kier alpha value is -3.72. The molecule has 6 nitrogen and oxygen atoms in total. The first-order valence-corrected chi connectivity index (χ1v) is 9.09. The topological polar surface area (TPSA) is 86.1 Å². The Labute approximate surface area is 163 Å². The van der Waals surface area contributed by atoms with E-state index in [2.05, 4.69) is 11.2 Å². The predicted molar refractivity (Wildman–Crippen MR) is 105 cm³/mol. The summed E-state index contributed by atoms with van der Waals surface area (Å²) in [5, 5.41) is 14.4. The van der Waals surface area contributed by atoms with Crippen molar-refractivity contribution in [2.45, 2.75) is 19.8 Å². The summed E-state index contributed by atoms with van der Waals surface area (Å²) in [6, 6.07) is 19.6. The number of nitrogens with two attached hydrogens (primary N) is 1. The Kier molecular flexibility index (Phi) is 4.50. The van der Waals surface area contributed by atoms with Gasteiger partial charge in [-0.3, -0.25) is 0 Å². The fourth-order valence-electron chi connectivity index (χ4n) is 3.54. The second kappa shape index (κ2) is 7.12. The van der Waals surface area contributed by atoms with Crippen LogP contribution in [-0.2, 0) is 0 Å². The molecule has 1 aliphatic rings. The van der Waals surface area contributed by atoms with Crippen LogP contribution in [0.3, 0.4) is 0 Å². The van der Waals surface area contributed by atoms with E-state index in [1.54, 1.807) is 4.68 Å². The summed E-state index contributed by atoms with van der Waals surface area (Å²) in [7, 11) is 0. The molecule has 1 aliphatic heterocycles. The number of allylic oxidation sites excluding steroid dienone is 1. The van der Waals surface area contributed by atoms with Crippen molar-refractivity contribution in [3.8, 4) is 23.4 Å². The summed E-state index contributed by atoms with van der Waals surface area (Å²) < 4.78 is 13.2. The van der Waals surface area contributed by atoms with E-state index in [1.165, 1.54) is 0 Å². The van der Waals surface area contributed by atoms with Crippen LogP contribution in [-0.4, -0.2) is 16.4 Å². The number of aromatic nitrogens is 2. The van der Waals surface area contributed by atoms with Gasteiger partial charge < -0.3 is 15.2 Å². The number of hydrogen-bond acceptors (Lipinski definition) is 5. The molecule has 1 unspecified atom stereocenters. The first kappa shape index (κ1) is 17.7. The third-order valence-electron chi connectivity index (χ3n) is 4.74. The van der Waals surface area contributed by atoms with E-state index < -0.39 is 0 Å². The highest BCUT2D eigenvalue weighted by Crippen LogP contribution is 2.45. The fraction of sp³-hybridized carbons (Fsp3) is 0.182. The monoisotopic (exact) mass is 372 g/mol. The van der Waals surface area contributed by atoms with Crippen molar-refractivity contribution >= 4 is 0 Å². The van der Waals surface area contributed by atoms with Crippen molar-refractivity contribution in [1.82, 2.24) is 9.78 Å². The van der Waals surface area contributed by atoms with Crippen LogP contribution in [0.5, 0.6) is 11.6 Å². The lowest BCUT2D eigenvalue weighted by Crippen LogP contribution is -2.22. The molecule has 0 fully saturated rings. The number of para-hydroxylation sites is 1. The van der Waals surface area contributed by atoms with Crippen molar-refractivity contribution in [1.29, 1.82) is 5.26 Å². The summed E-state index contributed by atoms with van der Waals surface area (Å²) in [6.07, 6.45) is 0. The van der Waals surface area contributed by atoms with Crippen LogP contribution < -0.4 is 15.2 Å². The molecular formula is C22H20N4O2. The molecule has 1 atom stereocenters. The molecule has 1 aromatic heterocycles. The number of rotatable bonds is 4. The van der Waals surface area contributed by atoms with Crippen LogP contribution in [0, 0.1) is 18.3 Å². The number of hydrogen-bond donors (Lipinski definition) is 1. The van der Waals surface area contributed by atoms with E-state index in [9.17, 15) is 5.26 Å². The Bertz CT molecular complexity index is 1090. The molecular weight excluding hydrogens is 352 g/mol. The zero-order valence-corrected chi connectivity index (χ0v) is 15.7. The van der Waals surface area contributed by atoms with Crippen molar-refractivity contribution in [2.24, 2.45) is 5.73 Å².